The minimum Gasteiger partial charge on any atom is -0.384 e. The summed E-state index contributed by atoms with van der Waals surface area (Å²) in [4.78, 5) is 8.68. The van der Waals surface area contributed by atoms with E-state index in [-0.39, 0.29) is 11.6 Å². The van der Waals surface area contributed by atoms with Crippen molar-refractivity contribution in [2.24, 2.45) is 5.92 Å². The number of anilines is 2. The van der Waals surface area contributed by atoms with Gasteiger partial charge in [-0.15, -0.1) is 0 Å². The Bertz CT molecular complexity index is 439. The topological polar surface area (TPSA) is 55.0 Å². The molecule has 0 atom stereocenters. The third-order valence-corrected chi connectivity index (χ3v) is 3.50. The molecular weight excluding hydrogens is 257 g/mol. The van der Waals surface area contributed by atoms with Crippen molar-refractivity contribution in [1.29, 1.82) is 0 Å². The monoisotopic (exact) mass is 274 g/mol. The van der Waals surface area contributed by atoms with Crippen LogP contribution in [0, 0.1) is 5.92 Å². The number of alkyl halides is 3. The Hall–Kier alpha value is -1.53. The summed E-state index contributed by atoms with van der Waals surface area (Å²) in [7, 11) is 0. The zero-order chi connectivity index (χ0) is 14.0. The van der Waals surface area contributed by atoms with E-state index in [1.807, 2.05) is 4.90 Å². The molecular formula is C12H17F3N4. The number of halogens is 3. The third kappa shape index (κ3) is 3.27. The van der Waals surface area contributed by atoms with E-state index < -0.39 is 12.0 Å². The number of hydrogen-bond donors (Lipinski definition) is 1. The van der Waals surface area contributed by atoms with E-state index in [4.69, 9.17) is 5.73 Å². The average Bonchev–Trinajstić information content (AvgIpc) is 2.37. The molecule has 1 aromatic heterocycles. The molecule has 0 spiro atoms. The van der Waals surface area contributed by atoms with Crippen LogP contribution in [0.25, 0.3) is 0 Å². The van der Waals surface area contributed by atoms with Crippen LogP contribution in [0.4, 0.5) is 24.8 Å². The predicted octanol–water partition coefficient (Wildman–Crippen LogP) is 2.70. The Labute approximate surface area is 109 Å². The van der Waals surface area contributed by atoms with Crippen LogP contribution in [0.5, 0.6) is 0 Å². The third-order valence-electron chi connectivity index (χ3n) is 3.50. The molecule has 1 aliphatic rings. The second kappa shape index (κ2) is 5.22. The Kier molecular flexibility index (Phi) is 3.82. The molecule has 2 rings (SSSR count). The maximum absolute atomic E-state index is 12.6. The molecule has 0 radical (unpaired) electrons. The summed E-state index contributed by atoms with van der Waals surface area (Å²) in [6.07, 6.45) is -1.51. The number of aromatic nitrogens is 2. The molecule has 1 fully saturated rings. The van der Waals surface area contributed by atoms with Crippen LogP contribution in [-0.4, -0.2) is 23.1 Å². The summed E-state index contributed by atoms with van der Waals surface area (Å²) in [6.45, 7) is 3.56. The van der Waals surface area contributed by atoms with Gasteiger partial charge < -0.3 is 10.6 Å². The zero-order valence-electron chi connectivity index (χ0n) is 10.7. The summed E-state index contributed by atoms with van der Waals surface area (Å²) in [5, 5.41) is 0. The summed E-state index contributed by atoms with van der Waals surface area (Å²) in [6, 6.07) is 1.40. The summed E-state index contributed by atoms with van der Waals surface area (Å²) >= 11 is 0. The highest BCUT2D eigenvalue weighted by Gasteiger charge is 2.36. The summed E-state index contributed by atoms with van der Waals surface area (Å²) in [5.41, 5.74) is 5.44. The van der Waals surface area contributed by atoms with Crippen LogP contribution < -0.4 is 10.6 Å². The van der Waals surface area contributed by atoms with Gasteiger partial charge in [0.1, 0.15) is 11.6 Å². The first-order valence-corrected chi connectivity index (χ1v) is 6.37. The second-order valence-corrected chi connectivity index (χ2v) is 4.81. The van der Waals surface area contributed by atoms with E-state index in [2.05, 4.69) is 16.9 Å². The number of rotatable bonds is 2. The first-order valence-electron chi connectivity index (χ1n) is 6.37. The molecule has 2 N–H and O–H groups in total. The molecule has 1 aliphatic heterocycles. The molecule has 0 bridgehead atoms. The Balaban J connectivity index is 2.19. The minimum absolute atomic E-state index is 0.144. The maximum Gasteiger partial charge on any atom is 0.451 e. The van der Waals surface area contributed by atoms with Crippen LogP contribution in [-0.2, 0) is 6.18 Å². The van der Waals surface area contributed by atoms with Crippen molar-refractivity contribution in [1.82, 2.24) is 9.97 Å². The SMILES string of the molecule is CCC1CCN(c2cc(N)nc(C(F)(F)F)n2)CC1. The second-order valence-electron chi connectivity index (χ2n) is 4.81. The molecule has 1 aromatic rings. The van der Waals surface area contributed by atoms with Crippen LogP contribution >= 0.6 is 0 Å². The summed E-state index contributed by atoms with van der Waals surface area (Å²) in [5.74, 6) is -0.387. The first kappa shape index (κ1) is 13.9. The lowest BCUT2D eigenvalue weighted by atomic mass is 9.94. The standard InChI is InChI=1S/C12H17F3N4/c1-2-8-3-5-19(6-4-8)10-7-9(16)17-11(18-10)12(13,14)15/h7-8H,2-6H2,1H3,(H2,16,17,18). The van der Waals surface area contributed by atoms with E-state index in [9.17, 15) is 13.2 Å². The normalized spacial score (nSPS) is 17.8. The highest BCUT2D eigenvalue weighted by atomic mass is 19.4. The number of nitrogen functional groups attached to an aromatic ring is 1. The van der Waals surface area contributed by atoms with E-state index in [1.54, 1.807) is 0 Å². The van der Waals surface area contributed by atoms with Gasteiger partial charge in [0.15, 0.2) is 0 Å². The Morgan fingerprint density at radius 2 is 1.95 bits per heavy atom. The van der Waals surface area contributed by atoms with E-state index >= 15 is 0 Å². The lowest BCUT2D eigenvalue weighted by Crippen LogP contribution is -2.34. The van der Waals surface area contributed by atoms with Crippen molar-refractivity contribution in [3.05, 3.63) is 11.9 Å². The van der Waals surface area contributed by atoms with E-state index in [0.29, 0.717) is 19.0 Å². The molecule has 2 heterocycles. The molecule has 106 valence electrons. The summed E-state index contributed by atoms with van der Waals surface area (Å²) < 4.78 is 37.9. The van der Waals surface area contributed by atoms with Gasteiger partial charge in [-0.25, -0.2) is 9.97 Å². The molecule has 0 saturated carbocycles. The van der Waals surface area contributed by atoms with Gasteiger partial charge in [-0.05, 0) is 18.8 Å². The Morgan fingerprint density at radius 3 is 2.47 bits per heavy atom. The van der Waals surface area contributed by atoms with Gasteiger partial charge in [-0.1, -0.05) is 13.3 Å². The van der Waals surface area contributed by atoms with Crippen molar-refractivity contribution in [3.63, 3.8) is 0 Å². The van der Waals surface area contributed by atoms with Gasteiger partial charge in [-0.2, -0.15) is 13.2 Å². The van der Waals surface area contributed by atoms with Gasteiger partial charge in [-0.3, -0.25) is 0 Å². The van der Waals surface area contributed by atoms with Crippen molar-refractivity contribution in [2.45, 2.75) is 32.4 Å². The molecule has 19 heavy (non-hydrogen) atoms. The molecule has 0 unspecified atom stereocenters. The average molecular weight is 274 g/mol. The van der Waals surface area contributed by atoms with Gasteiger partial charge in [0.25, 0.3) is 0 Å². The van der Waals surface area contributed by atoms with Crippen molar-refractivity contribution in [3.8, 4) is 0 Å². The number of hydrogen-bond acceptors (Lipinski definition) is 4. The lowest BCUT2D eigenvalue weighted by molar-refractivity contribution is -0.144. The zero-order valence-corrected chi connectivity index (χ0v) is 10.7. The minimum atomic E-state index is -4.56. The number of nitrogens with zero attached hydrogens (tertiary/aromatic N) is 3. The lowest BCUT2D eigenvalue weighted by Gasteiger charge is -2.32. The molecule has 0 aromatic carbocycles. The van der Waals surface area contributed by atoms with Crippen LogP contribution in [0.15, 0.2) is 6.07 Å². The highest BCUT2D eigenvalue weighted by molar-refractivity contribution is 5.47. The fraction of sp³-hybridized carbons (Fsp3) is 0.667. The van der Waals surface area contributed by atoms with Crippen LogP contribution in [0.1, 0.15) is 32.0 Å². The van der Waals surface area contributed by atoms with Crippen molar-refractivity contribution < 1.29 is 13.2 Å². The van der Waals surface area contributed by atoms with Gasteiger partial charge in [0.05, 0.1) is 0 Å². The molecule has 0 amide bonds. The number of piperidine rings is 1. The van der Waals surface area contributed by atoms with Gasteiger partial charge >= 0.3 is 6.18 Å². The van der Waals surface area contributed by atoms with E-state index in [1.165, 1.54) is 6.07 Å². The quantitative estimate of drug-likeness (QED) is 0.901. The highest BCUT2D eigenvalue weighted by Crippen LogP contribution is 2.30. The van der Waals surface area contributed by atoms with Crippen molar-refractivity contribution in [2.75, 3.05) is 23.7 Å². The smallest absolute Gasteiger partial charge is 0.384 e. The van der Waals surface area contributed by atoms with Crippen molar-refractivity contribution >= 4 is 11.6 Å². The predicted molar refractivity (Wildman–Crippen MR) is 66.7 cm³/mol. The maximum atomic E-state index is 12.6. The first-order chi connectivity index (χ1) is 8.90. The van der Waals surface area contributed by atoms with E-state index in [0.717, 1.165) is 19.3 Å². The van der Waals surface area contributed by atoms with Gasteiger partial charge in [0.2, 0.25) is 5.82 Å². The molecule has 7 heteroatoms. The fourth-order valence-electron chi connectivity index (χ4n) is 2.31. The molecule has 4 nitrogen and oxygen atoms in total. The fourth-order valence-corrected chi connectivity index (χ4v) is 2.31. The Morgan fingerprint density at radius 1 is 1.32 bits per heavy atom. The van der Waals surface area contributed by atoms with Crippen LogP contribution in [0.2, 0.25) is 0 Å². The molecule has 0 aliphatic carbocycles. The molecule has 1 saturated heterocycles. The number of nitrogens with two attached hydrogens (primary N) is 1. The van der Waals surface area contributed by atoms with Gasteiger partial charge in [0, 0.05) is 19.2 Å². The largest absolute Gasteiger partial charge is 0.451 e. The van der Waals surface area contributed by atoms with Crippen LogP contribution in [0.3, 0.4) is 0 Å².